The van der Waals surface area contributed by atoms with Gasteiger partial charge >= 0.3 is 0 Å². The van der Waals surface area contributed by atoms with Gasteiger partial charge in [-0.3, -0.25) is 30.2 Å². The lowest BCUT2D eigenvalue weighted by atomic mass is 10.4. The number of rotatable bonds is 4. The molecule has 1 aromatic rings. The van der Waals surface area contributed by atoms with Gasteiger partial charge in [-0.2, -0.15) is 0 Å². The molecule has 0 amide bonds. The molecule has 0 aliphatic heterocycles. The largest absolute Gasteiger partial charge is 0.259 e. The van der Waals surface area contributed by atoms with E-state index >= 15 is 0 Å². The third-order valence-corrected chi connectivity index (χ3v) is 1.43. The summed E-state index contributed by atoms with van der Waals surface area (Å²) in [5.41, 5.74) is 0.602. The second kappa shape index (κ2) is 5.29. The van der Waals surface area contributed by atoms with Crippen molar-refractivity contribution in [2.45, 2.75) is 0 Å². The molecule has 0 bridgehead atoms. The molecule has 0 spiro atoms. The van der Waals surface area contributed by atoms with Gasteiger partial charge < -0.3 is 0 Å². The number of nitrogens with zero attached hydrogens (tertiary/aromatic N) is 4. The maximum atomic E-state index is 10.0. The lowest BCUT2D eigenvalue weighted by molar-refractivity contribution is -0.401. The molecule has 0 aliphatic carbocycles. The minimum Gasteiger partial charge on any atom is -0.259 e. The molecule has 0 radical (unpaired) electrons. The van der Waals surface area contributed by atoms with E-state index in [0.29, 0.717) is 11.4 Å². The SMILES string of the molecule is O=[N+]([O-])/C=C/c1cnc(/C=C/[N+](=O)[O-])cn1. The molecule has 0 unspecified atom stereocenters. The van der Waals surface area contributed by atoms with Crippen molar-refractivity contribution in [2.75, 3.05) is 0 Å². The predicted molar refractivity (Wildman–Crippen MR) is 54.1 cm³/mol. The molecule has 0 N–H and O–H groups in total. The fraction of sp³-hybridized carbons (Fsp3) is 0. The molecule has 8 heteroatoms. The maximum absolute atomic E-state index is 10.0. The Hall–Kier alpha value is -2.64. The smallest absolute Gasteiger partial charge is 0.236 e. The molecule has 1 aromatic heterocycles. The molecular formula is C8H6N4O4. The Morgan fingerprint density at radius 3 is 1.56 bits per heavy atom. The summed E-state index contributed by atoms with van der Waals surface area (Å²) >= 11 is 0. The Labute approximate surface area is 89.3 Å². The Balaban J connectivity index is 2.75. The Morgan fingerprint density at radius 1 is 0.938 bits per heavy atom. The highest BCUT2D eigenvalue weighted by molar-refractivity contribution is 5.45. The molecule has 1 heterocycles. The van der Waals surface area contributed by atoms with Crippen molar-refractivity contribution in [3.63, 3.8) is 0 Å². The van der Waals surface area contributed by atoms with Gasteiger partial charge in [0.25, 0.3) is 0 Å². The van der Waals surface area contributed by atoms with Gasteiger partial charge in [0, 0.05) is 12.2 Å². The van der Waals surface area contributed by atoms with E-state index in [9.17, 15) is 20.2 Å². The summed E-state index contributed by atoms with van der Waals surface area (Å²) in [5, 5.41) is 20.0. The van der Waals surface area contributed by atoms with E-state index in [2.05, 4.69) is 9.97 Å². The Kier molecular flexibility index (Phi) is 3.78. The predicted octanol–water partition coefficient (Wildman–Crippen LogP) is 0.971. The molecule has 0 aliphatic rings. The highest BCUT2D eigenvalue weighted by Crippen LogP contribution is 2.00. The first-order valence-electron chi connectivity index (χ1n) is 4.03. The van der Waals surface area contributed by atoms with Crippen LogP contribution in [0.3, 0.4) is 0 Å². The van der Waals surface area contributed by atoms with Crippen LogP contribution in [0.5, 0.6) is 0 Å². The molecule has 0 fully saturated rings. The van der Waals surface area contributed by atoms with Crippen molar-refractivity contribution >= 4 is 12.2 Å². The number of nitro groups is 2. The average molecular weight is 222 g/mol. The Morgan fingerprint density at radius 2 is 1.31 bits per heavy atom. The monoisotopic (exact) mass is 222 g/mol. The number of aromatic nitrogens is 2. The summed E-state index contributed by atoms with van der Waals surface area (Å²) in [7, 11) is 0. The lowest BCUT2D eigenvalue weighted by Crippen LogP contribution is -1.89. The number of hydrogen-bond donors (Lipinski definition) is 0. The summed E-state index contributed by atoms with van der Waals surface area (Å²) < 4.78 is 0. The second-order valence-corrected chi connectivity index (χ2v) is 2.57. The van der Waals surface area contributed by atoms with E-state index in [-0.39, 0.29) is 0 Å². The average Bonchev–Trinajstić information content (AvgIpc) is 2.25. The fourth-order valence-corrected chi connectivity index (χ4v) is 0.795. The van der Waals surface area contributed by atoms with Crippen LogP contribution < -0.4 is 0 Å². The standard InChI is InChI=1S/C8H6N4O4/c13-11(14)3-1-7-5-10-8(6-9-7)2-4-12(15)16/h1-6H/b3-1+,4-2+. The summed E-state index contributed by atoms with van der Waals surface area (Å²) in [4.78, 5) is 26.4. The van der Waals surface area contributed by atoms with Crippen LogP contribution in [0, 0.1) is 20.2 Å². The molecule has 0 saturated carbocycles. The number of hydrogen-bond acceptors (Lipinski definition) is 6. The van der Waals surface area contributed by atoms with Gasteiger partial charge in [-0.05, 0) is 0 Å². The van der Waals surface area contributed by atoms with Crippen LogP contribution >= 0.6 is 0 Å². The molecule has 8 nitrogen and oxygen atoms in total. The van der Waals surface area contributed by atoms with Crippen LogP contribution in [0.2, 0.25) is 0 Å². The third-order valence-electron chi connectivity index (χ3n) is 1.43. The van der Waals surface area contributed by atoms with Crippen LogP contribution in [0.1, 0.15) is 11.4 Å². The first kappa shape index (κ1) is 11.4. The first-order valence-corrected chi connectivity index (χ1v) is 4.03. The fourth-order valence-electron chi connectivity index (χ4n) is 0.795. The zero-order chi connectivity index (χ0) is 12.0. The van der Waals surface area contributed by atoms with E-state index in [0.717, 1.165) is 12.4 Å². The van der Waals surface area contributed by atoms with Crippen LogP contribution in [0.4, 0.5) is 0 Å². The van der Waals surface area contributed by atoms with Crippen LogP contribution in [-0.4, -0.2) is 19.8 Å². The van der Waals surface area contributed by atoms with E-state index in [4.69, 9.17) is 0 Å². The van der Waals surface area contributed by atoms with Gasteiger partial charge in [0.1, 0.15) is 0 Å². The normalized spacial score (nSPS) is 11.0. The third kappa shape index (κ3) is 4.05. The van der Waals surface area contributed by atoms with Crippen molar-refractivity contribution in [2.24, 2.45) is 0 Å². The van der Waals surface area contributed by atoms with Crippen molar-refractivity contribution in [3.8, 4) is 0 Å². The lowest BCUT2D eigenvalue weighted by Gasteiger charge is -1.91. The van der Waals surface area contributed by atoms with Crippen molar-refractivity contribution < 1.29 is 9.85 Å². The zero-order valence-electron chi connectivity index (χ0n) is 7.89. The van der Waals surface area contributed by atoms with Crippen LogP contribution in [0.25, 0.3) is 12.2 Å². The molecule has 1 rings (SSSR count). The van der Waals surface area contributed by atoms with E-state index < -0.39 is 9.85 Å². The first-order chi connectivity index (χ1) is 7.58. The van der Waals surface area contributed by atoms with Crippen molar-refractivity contribution in [3.05, 3.63) is 56.4 Å². The molecular weight excluding hydrogens is 216 g/mol. The quantitative estimate of drug-likeness (QED) is 0.554. The summed E-state index contributed by atoms with van der Waals surface area (Å²) in [6.45, 7) is 0. The summed E-state index contributed by atoms with van der Waals surface area (Å²) in [6.07, 6.45) is 6.37. The van der Waals surface area contributed by atoms with Gasteiger partial charge in [0.2, 0.25) is 12.4 Å². The maximum Gasteiger partial charge on any atom is 0.236 e. The van der Waals surface area contributed by atoms with E-state index in [1.807, 2.05) is 0 Å². The second-order valence-electron chi connectivity index (χ2n) is 2.57. The topological polar surface area (TPSA) is 112 Å². The van der Waals surface area contributed by atoms with E-state index in [1.165, 1.54) is 24.5 Å². The van der Waals surface area contributed by atoms with Gasteiger partial charge in [-0.1, -0.05) is 0 Å². The highest BCUT2D eigenvalue weighted by Gasteiger charge is 1.95. The molecule has 82 valence electrons. The minimum absolute atomic E-state index is 0.301. The zero-order valence-corrected chi connectivity index (χ0v) is 7.89. The molecule has 16 heavy (non-hydrogen) atoms. The van der Waals surface area contributed by atoms with Gasteiger partial charge in [-0.25, -0.2) is 0 Å². The molecule has 0 saturated heterocycles. The van der Waals surface area contributed by atoms with Gasteiger partial charge in [0.15, 0.2) is 0 Å². The van der Waals surface area contributed by atoms with Crippen LogP contribution in [0.15, 0.2) is 24.8 Å². The summed E-state index contributed by atoms with van der Waals surface area (Å²) in [6, 6.07) is 0. The molecule has 0 atom stereocenters. The minimum atomic E-state index is -0.623. The van der Waals surface area contributed by atoms with Crippen molar-refractivity contribution in [1.82, 2.24) is 9.97 Å². The van der Waals surface area contributed by atoms with Crippen molar-refractivity contribution in [1.29, 1.82) is 0 Å². The molecule has 0 aromatic carbocycles. The van der Waals surface area contributed by atoms with Gasteiger partial charge in [0.05, 0.1) is 33.6 Å². The summed E-state index contributed by atoms with van der Waals surface area (Å²) in [5.74, 6) is 0. The van der Waals surface area contributed by atoms with Gasteiger partial charge in [-0.15, -0.1) is 0 Å². The highest BCUT2D eigenvalue weighted by atomic mass is 16.6. The van der Waals surface area contributed by atoms with E-state index in [1.54, 1.807) is 0 Å². The Bertz CT molecular complexity index is 409. The van der Waals surface area contributed by atoms with Crippen LogP contribution in [-0.2, 0) is 0 Å².